The highest BCUT2D eigenvalue weighted by Gasteiger charge is 2.35. The first-order chi connectivity index (χ1) is 17.6. The number of carbonyl (C=O) groups excluding carboxylic acids is 1. The molecule has 37 heavy (non-hydrogen) atoms. The number of ether oxygens (including phenoxy) is 2. The van der Waals surface area contributed by atoms with Crippen LogP contribution in [0.25, 0.3) is 6.08 Å². The summed E-state index contributed by atoms with van der Waals surface area (Å²) in [4.78, 5) is 16.7. The molecule has 0 unspecified atom stereocenters. The molecule has 2 aromatic carbocycles. The summed E-state index contributed by atoms with van der Waals surface area (Å²) in [5.74, 6) is 0.543. The largest absolute Gasteiger partial charge is 0.490 e. The topological polar surface area (TPSA) is 87.3 Å². The molecule has 0 aliphatic carbocycles. The van der Waals surface area contributed by atoms with Crippen molar-refractivity contribution in [3.05, 3.63) is 63.1 Å². The third-order valence-electron chi connectivity index (χ3n) is 5.61. The molecule has 0 saturated carbocycles. The Kier molecular flexibility index (Phi) is 8.31. The first-order valence-electron chi connectivity index (χ1n) is 11.9. The Bertz CT molecular complexity index is 1290. The number of halogens is 2. The van der Waals surface area contributed by atoms with Gasteiger partial charge in [0.05, 0.1) is 15.6 Å². The van der Waals surface area contributed by atoms with E-state index in [4.69, 9.17) is 38.1 Å². The highest BCUT2D eigenvalue weighted by atomic mass is 35.5. The summed E-state index contributed by atoms with van der Waals surface area (Å²) >= 11 is 14.2. The molecule has 4 rings (SSSR count). The molecule has 0 bridgehead atoms. The number of thioether (sulfide) groups is 1. The fraction of sp³-hybridized carbons (Fsp3) is 0.333. The van der Waals surface area contributed by atoms with Gasteiger partial charge < -0.3 is 9.47 Å². The minimum Gasteiger partial charge on any atom is -0.490 e. The summed E-state index contributed by atoms with van der Waals surface area (Å²) in [6.45, 7) is 9.09. The Morgan fingerprint density at radius 2 is 1.73 bits per heavy atom. The maximum absolute atomic E-state index is 12.6. The van der Waals surface area contributed by atoms with Gasteiger partial charge in [-0.1, -0.05) is 63.0 Å². The zero-order chi connectivity index (χ0) is 26.7. The normalized spacial score (nSPS) is 16.6. The number of amides is 1. The molecule has 7 nitrogen and oxygen atoms in total. The Hall–Kier alpha value is -2.81. The van der Waals surface area contributed by atoms with E-state index in [0.717, 1.165) is 23.6 Å². The summed E-state index contributed by atoms with van der Waals surface area (Å²) in [6, 6.07) is 11.3. The van der Waals surface area contributed by atoms with Crippen LogP contribution in [0.15, 0.2) is 52.1 Å². The van der Waals surface area contributed by atoms with Gasteiger partial charge in [0, 0.05) is 0 Å². The number of hydrazone groups is 1. The van der Waals surface area contributed by atoms with Crippen LogP contribution >= 0.6 is 35.0 Å². The van der Waals surface area contributed by atoms with Crippen molar-refractivity contribution in [3.63, 3.8) is 0 Å². The van der Waals surface area contributed by atoms with Gasteiger partial charge in [0.1, 0.15) is 24.0 Å². The number of benzene rings is 2. The van der Waals surface area contributed by atoms with E-state index < -0.39 is 5.91 Å². The molecule has 0 aromatic heterocycles. The van der Waals surface area contributed by atoms with Gasteiger partial charge in [-0.25, -0.2) is 0 Å². The van der Waals surface area contributed by atoms with Crippen LogP contribution < -0.4 is 9.47 Å². The fourth-order valence-corrected chi connectivity index (χ4v) is 5.27. The molecule has 194 valence electrons. The van der Waals surface area contributed by atoms with Crippen LogP contribution in [0, 0.1) is 5.41 Å². The second kappa shape index (κ2) is 11.3. The van der Waals surface area contributed by atoms with Crippen LogP contribution in [-0.4, -0.2) is 40.2 Å². The highest BCUT2D eigenvalue weighted by molar-refractivity contribution is 8.26. The Labute approximate surface area is 231 Å². The van der Waals surface area contributed by atoms with Crippen molar-refractivity contribution in [3.8, 4) is 11.5 Å². The molecule has 10 heteroatoms. The van der Waals surface area contributed by atoms with Gasteiger partial charge in [-0.05, 0) is 71.5 Å². The van der Waals surface area contributed by atoms with Crippen molar-refractivity contribution < 1.29 is 14.3 Å². The smallest absolute Gasteiger partial charge is 0.283 e. The predicted octanol–water partition coefficient (Wildman–Crippen LogP) is 7.17. The molecular weight excluding hydrogens is 531 g/mol. The van der Waals surface area contributed by atoms with Crippen LogP contribution in [0.3, 0.4) is 0 Å². The number of aliphatic imine (C=N–C) groups is 1. The number of hydrogen-bond donors (Lipinski definition) is 1. The van der Waals surface area contributed by atoms with E-state index >= 15 is 0 Å². The second-order valence-corrected chi connectivity index (χ2v) is 11.4. The SMILES string of the molecule is CCCC1=NN2C(=N)/C(=C/c3cc(Cl)c(OCCOc4ccc(C(C)(C)C)cc4)c(Cl)c3)C(=O)N=C2S1. The average molecular weight is 560 g/mol. The van der Waals surface area contributed by atoms with E-state index in [-0.39, 0.29) is 33.5 Å². The Balaban J connectivity index is 1.40. The zero-order valence-corrected chi connectivity index (χ0v) is 23.4. The molecule has 0 atom stereocenters. The van der Waals surface area contributed by atoms with E-state index in [9.17, 15) is 4.79 Å². The number of hydrogen-bond acceptors (Lipinski definition) is 6. The molecule has 2 aliphatic rings. The molecular formula is C27H28Cl2N4O3S. The van der Waals surface area contributed by atoms with Gasteiger partial charge in [-0.3, -0.25) is 10.2 Å². The zero-order valence-electron chi connectivity index (χ0n) is 21.1. The predicted molar refractivity (Wildman–Crippen MR) is 153 cm³/mol. The van der Waals surface area contributed by atoms with E-state index in [1.165, 1.54) is 28.4 Å². The van der Waals surface area contributed by atoms with Gasteiger partial charge in [-0.15, -0.1) is 0 Å². The highest BCUT2D eigenvalue weighted by Crippen LogP contribution is 2.36. The van der Waals surface area contributed by atoms with E-state index in [1.54, 1.807) is 12.1 Å². The van der Waals surface area contributed by atoms with Crippen molar-refractivity contribution in [2.45, 2.75) is 46.0 Å². The third kappa shape index (κ3) is 6.37. The summed E-state index contributed by atoms with van der Waals surface area (Å²) in [6.07, 6.45) is 3.22. The van der Waals surface area contributed by atoms with E-state index in [2.05, 4.69) is 43.0 Å². The number of fused-ring (bicyclic) bond motifs is 1. The van der Waals surface area contributed by atoms with Crippen molar-refractivity contribution in [1.82, 2.24) is 5.01 Å². The van der Waals surface area contributed by atoms with Gasteiger partial charge >= 0.3 is 0 Å². The van der Waals surface area contributed by atoms with Gasteiger partial charge in [-0.2, -0.15) is 15.1 Å². The first-order valence-corrected chi connectivity index (χ1v) is 13.5. The first kappa shape index (κ1) is 27.2. The Morgan fingerprint density at radius 1 is 1.08 bits per heavy atom. The lowest BCUT2D eigenvalue weighted by molar-refractivity contribution is -0.114. The molecule has 1 amide bonds. The minimum absolute atomic E-state index is 0.0335. The van der Waals surface area contributed by atoms with Crippen LogP contribution in [-0.2, 0) is 10.2 Å². The van der Waals surface area contributed by atoms with Crippen LogP contribution in [0.1, 0.15) is 51.7 Å². The van der Waals surface area contributed by atoms with Crippen molar-refractivity contribution in [2.24, 2.45) is 10.1 Å². The van der Waals surface area contributed by atoms with Gasteiger partial charge in [0.15, 0.2) is 11.6 Å². The second-order valence-electron chi connectivity index (χ2n) is 9.55. The van der Waals surface area contributed by atoms with Gasteiger partial charge in [0.2, 0.25) is 5.17 Å². The monoisotopic (exact) mass is 558 g/mol. The lowest BCUT2D eigenvalue weighted by Crippen LogP contribution is -2.35. The van der Waals surface area contributed by atoms with E-state index in [1.807, 2.05) is 19.1 Å². The van der Waals surface area contributed by atoms with Crippen LogP contribution in [0.5, 0.6) is 11.5 Å². The van der Waals surface area contributed by atoms with Crippen molar-refractivity contribution in [2.75, 3.05) is 13.2 Å². The third-order valence-corrected chi connectivity index (χ3v) is 7.14. The number of amidine groups is 2. The maximum atomic E-state index is 12.6. The van der Waals surface area contributed by atoms with Gasteiger partial charge in [0.25, 0.3) is 5.91 Å². The van der Waals surface area contributed by atoms with Crippen LogP contribution in [0.2, 0.25) is 10.0 Å². The molecule has 2 aliphatic heterocycles. The summed E-state index contributed by atoms with van der Waals surface area (Å²) < 4.78 is 11.5. The maximum Gasteiger partial charge on any atom is 0.283 e. The minimum atomic E-state index is -0.503. The lowest BCUT2D eigenvalue weighted by Gasteiger charge is -2.20. The fourth-order valence-electron chi connectivity index (χ4n) is 3.67. The van der Waals surface area contributed by atoms with Crippen LogP contribution in [0.4, 0.5) is 0 Å². The molecule has 1 N–H and O–H groups in total. The molecule has 2 heterocycles. The number of nitrogens with zero attached hydrogens (tertiary/aromatic N) is 3. The standard InChI is InChI=1S/C27H28Cl2N4O3S/c1-5-6-22-32-33-24(30)19(25(34)31-26(33)37-22)13-16-14-20(28)23(21(29)15-16)36-12-11-35-18-9-7-17(8-10-18)27(2,3)4/h7-10,13-15,30H,5-6,11-12H2,1-4H3/b19-13-,30-24?. The quantitative estimate of drug-likeness (QED) is 0.274. The average Bonchev–Trinajstić information content (AvgIpc) is 3.23. The molecule has 0 fully saturated rings. The summed E-state index contributed by atoms with van der Waals surface area (Å²) in [5.41, 5.74) is 1.97. The Morgan fingerprint density at radius 3 is 2.35 bits per heavy atom. The molecule has 0 saturated heterocycles. The van der Waals surface area contributed by atoms with E-state index in [0.29, 0.717) is 23.1 Å². The summed E-state index contributed by atoms with van der Waals surface area (Å²) in [7, 11) is 0. The molecule has 0 spiro atoms. The summed E-state index contributed by atoms with van der Waals surface area (Å²) in [5, 5.41) is 16.1. The number of carbonyl (C=O) groups is 1. The number of nitrogens with one attached hydrogen (secondary N) is 1. The number of rotatable bonds is 8. The van der Waals surface area contributed by atoms with Crippen molar-refractivity contribution in [1.29, 1.82) is 5.41 Å². The van der Waals surface area contributed by atoms with Crippen molar-refractivity contribution >= 4 is 63.0 Å². The molecule has 0 radical (unpaired) electrons. The lowest BCUT2D eigenvalue weighted by atomic mass is 9.87. The molecule has 2 aromatic rings.